The second kappa shape index (κ2) is 8.22. The molecule has 0 aromatic rings. The molecule has 2 unspecified atom stereocenters. The molecule has 2 N–H and O–H groups in total. The number of hydroxylamine groups is 2. The number of amides is 2. The smallest absolute Gasteiger partial charge is 0.432 e. The van der Waals surface area contributed by atoms with Crippen LogP contribution in [-0.4, -0.2) is 64.5 Å². The van der Waals surface area contributed by atoms with Gasteiger partial charge < -0.3 is 24.9 Å². The summed E-state index contributed by atoms with van der Waals surface area (Å²) in [5.41, 5.74) is 0.299. The molecule has 5 rings (SSSR count). The maximum Gasteiger partial charge on any atom is 0.432 e. The van der Waals surface area contributed by atoms with Gasteiger partial charge in [-0.1, -0.05) is 13.0 Å². The van der Waals surface area contributed by atoms with Crippen molar-refractivity contribution in [1.82, 2.24) is 15.3 Å². The van der Waals surface area contributed by atoms with E-state index in [2.05, 4.69) is 18.3 Å². The zero-order chi connectivity index (χ0) is 23.4. The minimum atomic E-state index is -0.831. The van der Waals surface area contributed by atoms with Crippen LogP contribution >= 0.6 is 0 Å². The summed E-state index contributed by atoms with van der Waals surface area (Å²) in [7, 11) is 0. The fraction of sp³-hybridized carbons (Fsp3) is 0.760. The Bertz CT molecular complexity index is 877. The molecular weight excluding hydrogens is 422 g/mol. The molecule has 2 fully saturated rings. The van der Waals surface area contributed by atoms with Crippen LogP contribution in [0, 0.1) is 17.3 Å². The highest BCUT2D eigenvalue weighted by Crippen LogP contribution is 2.59. The van der Waals surface area contributed by atoms with Crippen molar-refractivity contribution < 1.29 is 24.3 Å². The van der Waals surface area contributed by atoms with Gasteiger partial charge in [0.2, 0.25) is 5.91 Å². The summed E-state index contributed by atoms with van der Waals surface area (Å²) in [6, 6.07) is 0. The minimum absolute atomic E-state index is 0.0364. The molecule has 0 aromatic heterocycles. The van der Waals surface area contributed by atoms with Crippen LogP contribution in [0.3, 0.4) is 0 Å². The predicted octanol–water partition coefficient (Wildman–Crippen LogP) is 3.09. The lowest BCUT2D eigenvalue weighted by Crippen LogP contribution is -2.51. The van der Waals surface area contributed by atoms with E-state index < -0.39 is 17.7 Å². The lowest BCUT2D eigenvalue weighted by molar-refractivity contribution is -0.134. The fourth-order valence-electron chi connectivity index (χ4n) is 6.60. The van der Waals surface area contributed by atoms with Gasteiger partial charge in [0.1, 0.15) is 11.6 Å². The van der Waals surface area contributed by atoms with E-state index in [0.717, 1.165) is 25.0 Å². The summed E-state index contributed by atoms with van der Waals surface area (Å²) in [5.74, 6) is 1.57. The molecule has 1 spiro atoms. The Morgan fingerprint density at radius 2 is 2.06 bits per heavy atom. The highest BCUT2D eigenvalue weighted by atomic mass is 16.7. The average molecular weight is 460 g/mol. The number of hydrogen-bond acceptors (Lipinski definition) is 6. The molecule has 2 saturated carbocycles. The molecule has 8 nitrogen and oxygen atoms in total. The zero-order valence-electron chi connectivity index (χ0n) is 20.0. The van der Waals surface area contributed by atoms with Gasteiger partial charge in [-0.15, -0.1) is 0 Å². The Morgan fingerprint density at radius 1 is 1.30 bits per heavy atom. The van der Waals surface area contributed by atoms with Gasteiger partial charge in [-0.25, -0.2) is 9.86 Å². The van der Waals surface area contributed by atoms with E-state index in [9.17, 15) is 14.7 Å². The van der Waals surface area contributed by atoms with Gasteiger partial charge in [0, 0.05) is 31.6 Å². The van der Waals surface area contributed by atoms with Gasteiger partial charge in [0.05, 0.1) is 23.8 Å². The normalized spacial score (nSPS) is 35.7. The van der Waals surface area contributed by atoms with Crippen LogP contribution in [-0.2, 0) is 14.4 Å². The SMILES string of the molecule is CCN(CC)C(=O)C1(NC(=O)ON2C=CC34CC(C)CC[C@H]3OC3=C4[C@H](C[C@@H](O)C3)C2)CC1. The molecule has 0 bridgehead atoms. The summed E-state index contributed by atoms with van der Waals surface area (Å²) in [5, 5.41) is 15.0. The van der Waals surface area contributed by atoms with Gasteiger partial charge >= 0.3 is 6.09 Å². The summed E-state index contributed by atoms with van der Waals surface area (Å²) in [4.78, 5) is 33.2. The van der Waals surface area contributed by atoms with Crippen molar-refractivity contribution in [2.24, 2.45) is 17.3 Å². The number of nitrogens with zero attached hydrogens (tertiary/aromatic N) is 2. The van der Waals surface area contributed by atoms with Crippen molar-refractivity contribution in [3.05, 3.63) is 23.6 Å². The molecule has 3 aliphatic carbocycles. The van der Waals surface area contributed by atoms with E-state index in [1.165, 1.54) is 5.57 Å². The quantitative estimate of drug-likeness (QED) is 0.657. The van der Waals surface area contributed by atoms with Crippen LogP contribution in [0.1, 0.15) is 65.7 Å². The molecule has 5 atom stereocenters. The summed E-state index contributed by atoms with van der Waals surface area (Å²) in [6.07, 6.45) is 8.74. The lowest BCUT2D eigenvalue weighted by Gasteiger charge is -2.41. The van der Waals surface area contributed by atoms with Crippen molar-refractivity contribution >= 4 is 12.0 Å². The van der Waals surface area contributed by atoms with E-state index in [-0.39, 0.29) is 23.3 Å². The number of carbonyl (C=O) groups excluding carboxylic acids is 2. The van der Waals surface area contributed by atoms with E-state index in [1.54, 1.807) is 9.96 Å². The second-order valence-electron chi connectivity index (χ2n) is 10.6. The minimum Gasteiger partial charge on any atom is -0.493 e. The first-order valence-electron chi connectivity index (χ1n) is 12.6. The van der Waals surface area contributed by atoms with Crippen LogP contribution in [0.4, 0.5) is 4.79 Å². The molecule has 0 saturated heterocycles. The molecule has 182 valence electrons. The largest absolute Gasteiger partial charge is 0.493 e. The first-order chi connectivity index (χ1) is 15.8. The van der Waals surface area contributed by atoms with Crippen LogP contribution in [0.15, 0.2) is 23.6 Å². The van der Waals surface area contributed by atoms with Gasteiger partial charge in [-0.2, -0.15) is 0 Å². The fourth-order valence-corrected chi connectivity index (χ4v) is 6.60. The number of ether oxygens (including phenoxy) is 1. The number of aliphatic hydroxyl groups is 1. The Balaban J connectivity index is 1.33. The lowest BCUT2D eigenvalue weighted by atomic mass is 9.61. The van der Waals surface area contributed by atoms with E-state index >= 15 is 0 Å². The molecule has 2 aliphatic heterocycles. The maximum atomic E-state index is 12.9. The molecule has 5 aliphatic rings. The van der Waals surface area contributed by atoms with Crippen molar-refractivity contribution in [2.45, 2.75) is 83.5 Å². The van der Waals surface area contributed by atoms with Gasteiger partial charge in [0.15, 0.2) is 0 Å². The van der Waals surface area contributed by atoms with Crippen LogP contribution in [0.2, 0.25) is 0 Å². The number of aliphatic hydroxyl groups excluding tert-OH is 1. The highest BCUT2D eigenvalue weighted by molar-refractivity contribution is 5.92. The van der Waals surface area contributed by atoms with E-state index in [0.29, 0.717) is 51.2 Å². The number of likely N-dealkylation sites (N-methyl/N-ethyl adjacent to an activating group) is 1. The average Bonchev–Trinajstić information content (AvgIpc) is 3.49. The first-order valence-corrected chi connectivity index (χ1v) is 12.6. The molecular formula is C25H37N3O5. The highest BCUT2D eigenvalue weighted by Gasteiger charge is 2.57. The molecule has 0 aromatic carbocycles. The van der Waals surface area contributed by atoms with Crippen LogP contribution in [0.25, 0.3) is 0 Å². The topological polar surface area (TPSA) is 91.3 Å². The molecule has 8 heteroatoms. The van der Waals surface area contributed by atoms with Crippen molar-refractivity contribution in [2.75, 3.05) is 19.6 Å². The number of rotatable bonds is 5. The maximum absolute atomic E-state index is 12.9. The third-order valence-corrected chi connectivity index (χ3v) is 8.34. The predicted molar refractivity (Wildman–Crippen MR) is 121 cm³/mol. The number of carbonyl (C=O) groups is 2. The van der Waals surface area contributed by atoms with Gasteiger partial charge in [-0.05, 0) is 63.9 Å². The number of nitrogens with one attached hydrogen (secondary N) is 1. The third-order valence-electron chi connectivity index (χ3n) is 8.34. The van der Waals surface area contributed by atoms with Crippen molar-refractivity contribution in [1.29, 1.82) is 0 Å². The molecule has 2 amide bonds. The Morgan fingerprint density at radius 3 is 2.76 bits per heavy atom. The van der Waals surface area contributed by atoms with E-state index in [1.807, 2.05) is 20.0 Å². The standard InChI is InChI=1S/C25H37N3O5/c1-4-27(5-2)22(30)25(8-9-25)26-23(31)33-28-11-10-24-14-16(3)6-7-20(24)32-19-13-18(29)12-17(15-28)21(19)24/h10-11,16-18,20,29H,4-9,12-15H2,1-3H3,(H,26,31)/t16?,17-,18-,20-,24?/m1/s1. The monoisotopic (exact) mass is 459 g/mol. The van der Waals surface area contributed by atoms with Crippen LogP contribution in [0.5, 0.6) is 0 Å². The summed E-state index contributed by atoms with van der Waals surface area (Å²) in [6.45, 7) is 7.89. The second-order valence-corrected chi connectivity index (χ2v) is 10.6. The zero-order valence-corrected chi connectivity index (χ0v) is 20.0. The third kappa shape index (κ3) is 3.80. The molecule has 0 radical (unpaired) electrons. The van der Waals surface area contributed by atoms with Crippen molar-refractivity contribution in [3.8, 4) is 0 Å². The molecule has 33 heavy (non-hydrogen) atoms. The van der Waals surface area contributed by atoms with Crippen molar-refractivity contribution in [3.63, 3.8) is 0 Å². The summed E-state index contributed by atoms with van der Waals surface area (Å²) < 4.78 is 6.40. The Labute approximate surface area is 195 Å². The van der Waals surface area contributed by atoms with Gasteiger partial charge in [0.25, 0.3) is 0 Å². The Hall–Kier alpha value is -2.22. The first kappa shape index (κ1) is 22.6. The molecule has 2 heterocycles. The van der Waals surface area contributed by atoms with Crippen LogP contribution < -0.4 is 5.32 Å². The van der Waals surface area contributed by atoms with Gasteiger partial charge in [-0.3, -0.25) is 4.79 Å². The summed E-state index contributed by atoms with van der Waals surface area (Å²) >= 11 is 0. The number of hydrogen-bond donors (Lipinski definition) is 2. The van der Waals surface area contributed by atoms with E-state index in [4.69, 9.17) is 9.57 Å². The Kier molecular flexibility index (Phi) is 5.62.